The Morgan fingerprint density at radius 1 is 1.07 bits per heavy atom. The van der Waals surface area contributed by atoms with Gasteiger partial charge < -0.3 is 15.4 Å². The molecule has 2 N–H and O–H groups in total. The van der Waals surface area contributed by atoms with E-state index in [9.17, 15) is 13.6 Å². The zero-order valence-corrected chi connectivity index (χ0v) is 16.5. The van der Waals surface area contributed by atoms with E-state index < -0.39 is 11.6 Å². The maximum atomic E-state index is 13.7. The van der Waals surface area contributed by atoms with Crippen molar-refractivity contribution < 1.29 is 18.3 Å². The number of amides is 1. The van der Waals surface area contributed by atoms with Gasteiger partial charge in [-0.3, -0.25) is 4.79 Å². The molecule has 0 bridgehead atoms. The molecule has 0 saturated carbocycles. The molecule has 6 nitrogen and oxygen atoms in total. The average Bonchev–Trinajstić information content (AvgIpc) is 2.72. The van der Waals surface area contributed by atoms with Gasteiger partial charge in [-0.25, -0.2) is 18.7 Å². The summed E-state index contributed by atoms with van der Waals surface area (Å²) in [5, 5.41) is 5.87. The second-order valence-corrected chi connectivity index (χ2v) is 6.65. The zero-order chi connectivity index (χ0) is 21.3. The predicted octanol–water partition coefficient (Wildman–Crippen LogP) is 3.59. The van der Waals surface area contributed by atoms with Crippen LogP contribution < -0.4 is 10.6 Å². The molecule has 1 amide bonds. The SMILES string of the molecule is COCCNc1cc(Cc2ccc(NC(=O)Cc3ccc(F)cc3F)cc2)ncn1. The predicted molar refractivity (Wildman–Crippen MR) is 110 cm³/mol. The second kappa shape index (κ2) is 10.4. The van der Waals surface area contributed by atoms with Crippen molar-refractivity contribution in [2.45, 2.75) is 12.8 Å². The van der Waals surface area contributed by atoms with E-state index in [1.54, 1.807) is 19.2 Å². The molecule has 0 aliphatic rings. The van der Waals surface area contributed by atoms with Crippen LogP contribution in [0.4, 0.5) is 20.3 Å². The van der Waals surface area contributed by atoms with Gasteiger partial charge in [0.25, 0.3) is 0 Å². The number of methoxy groups -OCH3 is 1. The molecule has 0 spiro atoms. The lowest BCUT2D eigenvalue weighted by atomic mass is 10.1. The number of rotatable bonds is 9. The minimum absolute atomic E-state index is 0.143. The molecule has 0 aliphatic heterocycles. The van der Waals surface area contributed by atoms with Crippen LogP contribution in [0.2, 0.25) is 0 Å². The summed E-state index contributed by atoms with van der Waals surface area (Å²) >= 11 is 0. The summed E-state index contributed by atoms with van der Waals surface area (Å²) in [5.41, 5.74) is 2.60. The third kappa shape index (κ3) is 6.31. The molecule has 156 valence electrons. The van der Waals surface area contributed by atoms with Crippen LogP contribution in [0.15, 0.2) is 54.9 Å². The van der Waals surface area contributed by atoms with E-state index in [0.717, 1.165) is 29.2 Å². The van der Waals surface area contributed by atoms with Gasteiger partial charge in [-0.2, -0.15) is 0 Å². The molecular formula is C22H22F2N4O2. The van der Waals surface area contributed by atoms with Crippen LogP contribution in [-0.2, 0) is 22.4 Å². The van der Waals surface area contributed by atoms with Crippen molar-refractivity contribution in [1.82, 2.24) is 9.97 Å². The van der Waals surface area contributed by atoms with Gasteiger partial charge in [0, 0.05) is 37.9 Å². The molecule has 0 fully saturated rings. The average molecular weight is 412 g/mol. The minimum Gasteiger partial charge on any atom is -0.383 e. The number of halogens is 2. The van der Waals surface area contributed by atoms with Crippen molar-refractivity contribution in [3.05, 3.63) is 83.3 Å². The first-order valence-electron chi connectivity index (χ1n) is 9.40. The Kier molecular flexibility index (Phi) is 7.40. The molecule has 0 radical (unpaired) electrons. The summed E-state index contributed by atoms with van der Waals surface area (Å²) in [4.78, 5) is 20.6. The van der Waals surface area contributed by atoms with E-state index in [1.807, 2.05) is 18.2 Å². The van der Waals surface area contributed by atoms with Crippen LogP contribution in [0.5, 0.6) is 0 Å². The van der Waals surface area contributed by atoms with E-state index in [-0.39, 0.29) is 17.9 Å². The number of nitrogens with zero attached hydrogens (tertiary/aromatic N) is 2. The third-order valence-corrected chi connectivity index (χ3v) is 4.33. The van der Waals surface area contributed by atoms with E-state index in [2.05, 4.69) is 20.6 Å². The number of aromatic nitrogens is 2. The standard InChI is InChI=1S/C22H22F2N4O2/c1-30-9-8-25-21-13-19(26-14-27-21)10-15-2-6-18(7-3-15)28-22(29)11-16-4-5-17(23)12-20(16)24/h2-7,12-14H,8-11H2,1H3,(H,28,29)(H,25,26,27). The fraction of sp³-hybridized carbons (Fsp3) is 0.227. The molecule has 1 aromatic heterocycles. The largest absolute Gasteiger partial charge is 0.383 e. The Hall–Kier alpha value is -3.39. The Morgan fingerprint density at radius 3 is 2.60 bits per heavy atom. The Bertz CT molecular complexity index is 997. The number of anilines is 2. The molecule has 30 heavy (non-hydrogen) atoms. The molecule has 0 atom stereocenters. The molecule has 3 aromatic rings. The van der Waals surface area contributed by atoms with Gasteiger partial charge in [-0.1, -0.05) is 18.2 Å². The van der Waals surface area contributed by atoms with Crippen molar-refractivity contribution in [3.63, 3.8) is 0 Å². The number of carbonyl (C=O) groups is 1. The molecule has 2 aromatic carbocycles. The van der Waals surface area contributed by atoms with Gasteiger partial charge in [-0.15, -0.1) is 0 Å². The van der Waals surface area contributed by atoms with Gasteiger partial charge in [0.2, 0.25) is 5.91 Å². The molecule has 0 saturated heterocycles. The fourth-order valence-corrected chi connectivity index (χ4v) is 2.83. The van der Waals surface area contributed by atoms with Crippen LogP contribution in [0, 0.1) is 11.6 Å². The van der Waals surface area contributed by atoms with Crippen molar-refractivity contribution in [3.8, 4) is 0 Å². The van der Waals surface area contributed by atoms with E-state index in [4.69, 9.17) is 4.74 Å². The monoisotopic (exact) mass is 412 g/mol. The molecule has 0 aliphatic carbocycles. The smallest absolute Gasteiger partial charge is 0.228 e. The van der Waals surface area contributed by atoms with Crippen LogP contribution in [-0.4, -0.2) is 36.1 Å². The molecular weight excluding hydrogens is 390 g/mol. The molecule has 0 unspecified atom stereocenters. The molecule has 1 heterocycles. The fourth-order valence-electron chi connectivity index (χ4n) is 2.83. The third-order valence-electron chi connectivity index (χ3n) is 4.33. The first-order valence-corrected chi connectivity index (χ1v) is 9.40. The summed E-state index contributed by atoms with van der Waals surface area (Å²) in [6.07, 6.45) is 1.94. The van der Waals surface area contributed by atoms with Crippen LogP contribution in [0.3, 0.4) is 0 Å². The maximum absolute atomic E-state index is 13.7. The quantitative estimate of drug-likeness (QED) is 0.526. The lowest BCUT2D eigenvalue weighted by Crippen LogP contribution is -2.15. The van der Waals surface area contributed by atoms with Crippen molar-refractivity contribution in [2.24, 2.45) is 0 Å². The Balaban J connectivity index is 1.56. The normalized spacial score (nSPS) is 10.6. The summed E-state index contributed by atoms with van der Waals surface area (Å²) in [6, 6.07) is 12.4. The van der Waals surface area contributed by atoms with Crippen molar-refractivity contribution in [2.75, 3.05) is 30.9 Å². The number of ether oxygens (including phenoxy) is 1. The van der Waals surface area contributed by atoms with Crippen LogP contribution >= 0.6 is 0 Å². The molecule has 3 rings (SSSR count). The maximum Gasteiger partial charge on any atom is 0.228 e. The number of carbonyl (C=O) groups excluding carboxylic acids is 1. The number of hydrogen-bond donors (Lipinski definition) is 2. The highest BCUT2D eigenvalue weighted by Crippen LogP contribution is 2.15. The minimum atomic E-state index is -0.735. The number of nitrogens with one attached hydrogen (secondary N) is 2. The lowest BCUT2D eigenvalue weighted by Gasteiger charge is -2.08. The Labute approximate surface area is 173 Å². The topological polar surface area (TPSA) is 76.1 Å². The van der Waals surface area contributed by atoms with Crippen molar-refractivity contribution >= 4 is 17.4 Å². The van der Waals surface area contributed by atoms with Crippen LogP contribution in [0.1, 0.15) is 16.8 Å². The summed E-state index contributed by atoms with van der Waals surface area (Å²) < 4.78 is 31.6. The Morgan fingerprint density at radius 2 is 1.87 bits per heavy atom. The van der Waals surface area contributed by atoms with E-state index in [1.165, 1.54) is 12.4 Å². The van der Waals surface area contributed by atoms with Gasteiger partial charge in [0.05, 0.1) is 18.7 Å². The highest BCUT2D eigenvalue weighted by Gasteiger charge is 2.10. The van der Waals surface area contributed by atoms with Gasteiger partial charge >= 0.3 is 0 Å². The van der Waals surface area contributed by atoms with Gasteiger partial charge in [0.15, 0.2) is 0 Å². The van der Waals surface area contributed by atoms with Gasteiger partial charge in [0.1, 0.15) is 23.8 Å². The first kappa shape index (κ1) is 21.3. The van der Waals surface area contributed by atoms with Gasteiger partial charge in [-0.05, 0) is 29.3 Å². The number of hydrogen-bond acceptors (Lipinski definition) is 5. The van der Waals surface area contributed by atoms with Crippen molar-refractivity contribution in [1.29, 1.82) is 0 Å². The summed E-state index contributed by atoms with van der Waals surface area (Å²) in [7, 11) is 1.64. The lowest BCUT2D eigenvalue weighted by molar-refractivity contribution is -0.115. The summed E-state index contributed by atoms with van der Waals surface area (Å²) in [6.45, 7) is 1.24. The first-order chi connectivity index (χ1) is 14.5. The second-order valence-electron chi connectivity index (χ2n) is 6.65. The van der Waals surface area contributed by atoms with Crippen LogP contribution in [0.25, 0.3) is 0 Å². The zero-order valence-electron chi connectivity index (χ0n) is 16.5. The highest BCUT2D eigenvalue weighted by molar-refractivity contribution is 5.92. The van der Waals surface area contributed by atoms with E-state index in [0.29, 0.717) is 25.3 Å². The van der Waals surface area contributed by atoms with E-state index >= 15 is 0 Å². The number of benzene rings is 2. The summed E-state index contributed by atoms with van der Waals surface area (Å²) in [5.74, 6) is -1.06. The highest BCUT2D eigenvalue weighted by atomic mass is 19.1. The molecule has 8 heteroatoms.